The number of hydrogen-bond donors (Lipinski definition) is 1. The zero-order chi connectivity index (χ0) is 12.1. The average molecular weight is 242 g/mol. The van der Waals surface area contributed by atoms with Crippen molar-refractivity contribution < 1.29 is 14.6 Å². The summed E-state index contributed by atoms with van der Waals surface area (Å²) < 4.78 is 11.1. The van der Waals surface area contributed by atoms with Crippen LogP contribution in [0.5, 0.6) is 0 Å². The van der Waals surface area contributed by atoms with Crippen LogP contribution >= 0.6 is 0 Å². The van der Waals surface area contributed by atoms with Gasteiger partial charge in [-0.15, -0.1) is 0 Å². The molecule has 0 aromatic carbocycles. The van der Waals surface area contributed by atoms with Gasteiger partial charge in [0.2, 0.25) is 0 Å². The van der Waals surface area contributed by atoms with Gasteiger partial charge in [-0.05, 0) is 18.8 Å². The van der Waals surface area contributed by atoms with Gasteiger partial charge in [-0.1, -0.05) is 25.7 Å². The van der Waals surface area contributed by atoms with Crippen molar-refractivity contribution in [1.82, 2.24) is 0 Å². The lowest BCUT2D eigenvalue weighted by molar-refractivity contribution is -0.168. The molecule has 2 rings (SSSR count). The molecule has 1 saturated heterocycles. The molecular weight excluding hydrogens is 216 g/mol. The van der Waals surface area contributed by atoms with Gasteiger partial charge in [0.25, 0.3) is 0 Å². The first-order chi connectivity index (χ1) is 8.28. The standard InChI is InChI=1S/C14H26O3/c1-16-14(8-10-17-11-9-14)13(15)12-6-4-2-3-5-7-12/h12-13,15H,2-11H2,1H3. The Morgan fingerprint density at radius 1 is 1.12 bits per heavy atom. The second-order valence-electron chi connectivity index (χ2n) is 5.58. The Kier molecular flexibility index (Phi) is 4.83. The summed E-state index contributed by atoms with van der Waals surface area (Å²) in [6.07, 6.45) is 8.85. The van der Waals surface area contributed by atoms with E-state index in [4.69, 9.17) is 9.47 Å². The molecule has 3 heteroatoms. The zero-order valence-electron chi connectivity index (χ0n) is 11.0. The Bertz CT molecular complexity index is 216. The molecule has 1 aliphatic carbocycles. The fraction of sp³-hybridized carbons (Fsp3) is 1.00. The number of aliphatic hydroxyl groups excluding tert-OH is 1. The van der Waals surface area contributed by atoms with Crippen molar-refractivity contribution in [2.24, 2.45) is 5.92 Å². The highest BCUT2D eigenvalue weighted by molar-refractivity contribution is 4.94. The van der Waals surface area contributed by atoms with Crippen LogP contribution in [0.4, 0.5) is 0 Å². The first kappa shape index (κ1) is 13.3. The van der Waals surface area contributed by atoms with Crippen molar-refractivity contribution in [2.45, 2.75) is 63.1 Å². The molecule has 1 N–H and O–H groups in total. The minimum absolute atomic E-state index is 0.311. The van der Waals surface area contributed by atoms with Crippen LogP contribution in [0.1, 0.15) is 51.4 Å². The van der Waals surface area contributed by atoms with E-state index in [0.29, 0.717) is 5.92 Å². The van der Waals surface area contributed by atoms with Gasteiger partial charge in [0.15, 0.2) is 0 Å². The van der Waals surface area contributed by atoms with E-state index in [1.54, 1.807) is 7.11 Å². The second-order valence-corrected chi connectivity index (χ2v) is 5.58. The van der Waals surface area contributed by atoms with Gasteiger partial charge in [-0.25, -0.2) is 0 Å². The van der Waals surface area contributed by atoms with Gasteiger partial charge in [0, 0.05) is 33.2 Å². The number of hydrogen-bond acceptors (Lipinski definition) is 3. The normalized spacial score (nSPS) is 28.6. The molecule has 1 unspecified atom stereocenters. The molecule has 1 saturated carbocycles. The van der Waals surface area contributed by atoms with Crippen LogP contribution in [-0.4, -0.2) is 37.1 Å². The first-order valence-electron chi connectivity index (χ1n) is 7.09. The Balaban J connectivity index is 2.01. The first-order valence-corrected chi connectivity index (χ1v) is 7.09. The molecule has 1 heterocycles. The Hall–Kier alpha value is -0.120. The Labute approximate surface area is 104 Å². The molecule has 0 bridgehead atoms. The molecule has 0 radical (unpaired) electrons. The SMILES string of the molecule is COC1(C(O)C2CCCCCC2)CCOCC1. The quantitative estimate of drug-likeness (QED) is 0.773. The molecule has 0 aromatic heterocycles. The van der Waals surface area contributed by atoms with Gasteiger partial charge in [-0.3, -0.25) is 0 Å². The van der Waals surface area contributed by atoms with E-state index in [1.807, 2.05) is 0 Å². The van der Waals surface area contributed by atoms with E-state index in [2.05, 4.69) is 0 Å². The third kappa shape index (κ3) is 3.01. The molecule has 1 atom stereocenters. The van der Waals surface area contributed by atoms with Crippen molar-refractivity contribution in [3.63, 3.8) is 0 Å². The van der Waals surface area contributed by atoms with E-state index in [1.165, 1.54) is 25.7 Å². The maximum Gasteiger partial charge on any atom is 0.0982 e. The maximum absolute atomic E-state index is 10.7. The highest BCUT2D eigenvalue weighted by Gasteiger charge is 2.43. The number of rotatable bonds is 3. The minimum atomic E-state index is -0.340. The fourth-order valence-corrected chi connectivity index (χ4v) is 3.39. The van der Waals surface area contributed by atoms with Crippen molar-refractivity contribution in [1.29, 1.82) is 0 Å². The molecule has 100 valence electrons. The number of aliphatic hydroxyl groups is 1. The summed E-state index contributed by atoms with van der Waals surface area (Å²) in [7, 11) is 1.74. The van der Waals surface area contributed by atoms with Gasteiger partial charge in [0.05, 0.1) is 11.7 Å². The maximum atomic E-state index is 10.7. The van der Waals surface area contributed by atoms with E-state index < -0.39 is 0 Å². The van der Waals surface area contributed by atoms with E-state index in [0.717, 1.165) is 38.9 Å². The monoisotopic (exact) mass is 242 g/mol. The van der Waals surface area contributed by atoms with Crippen LogP contribution in [0.3, 0.4) is 0 Å². The predicted molar refractivity (Wildman–Crippen MR) is 67.0 cm³/mol. The zero-order valence-corrected chi connectivity index (χ0v) is 11.0. The van der Waals surface area contributed by atoms with Gasteiger partial charge in [0.1, 0.15) is 0 Å². The molecule has 2 fully saturated rings. The van der Waals surface area contributed by atoms with Gasteiger partial charge < -0.3 is 14.6 Å². The lowest BCUT2D eigenvalue weighted by atomic mass is 9.78. The Morgan fingerprint density at radius 2 is 1.71 bits per heavy atom. The van der Waals surface area contributed by atoms with Crippen LogP contribution < -0.4 is 0 Å². The summed E-state index contributed by atoms with van der Waals surface area (Å²) in [5.74, 6) is 0.426. The van der Waals surface area contributed by atoms with Crippen LogP contribution in [0, 0.1) is 5.92 Å². The van der Waals surface area contributed by atoms with Crippen molar-refractivity contribution in [3.8, 4) is 0 Å². The minimum Gasteiger partial charge on any atom is -0.390 e. The molecular formula is C14H26O3. The largest absolute Gasteiger partial charge is 0.390 e. The Morgan fingerprint density at radius 3 is 2.24 bits per heavy atom. The molecule has 0 amide bonds. The number of ether oxygens (including phenoxy) is 2. The molecule has 0 aromatic rings. The van der Waals surface area contributed by atoms with Crippen LogP contribution in [0.25, 0.3) is 0 Å². The van der Waals surface area contributed by atoms with Crippen molar-refractivity contribution >= 4 is 0 Å². The second kappa shape index (κ2) is 6.17. The van der Waals surface area contributed by atoms with Gasteiger partial charge >= 0.3 is 0 Å². The summed E-state index contributed by atoms with van der Waals surface area (Å²) in [4.78, 5) is 0. The summed E-state index contributed by atoms with van der Waals surface area (Å²) in [6, 6.07) is 0. The predicted octanol–water partition coefficient (Wildman–Crippen LogP) is 2.51. The molecule has 17 heavy (non-hydrogen) atoms. The third-order valence-electron chi connectivity index (χ3n) is 4.63. The van der Waals surface area contributed by atoms with E-state index >= 15 is 0 Å². The van der Waals surface area contributed by atoms with Gasteiger partial charge in [-0.2, -0.15) is 0 Å². The van der Waals surface area contributed by atoms with Crippen LogP contribution in [-0.2, 0) is 9.47 Å². The topological polar surface area (TPSA) is 38.7 Å². The molecule has 2 aliphatic rings. The van der Waals surface area contributed by atoms with Crippen molar-refractivity contribution in [3.05, 3.63) is 0 Å². The van der Waals surface area contributed by atoms with Crippen LogP contribution in [0.15, 0.2) is 0 Å². The highest BCUT2D eigenvalue weighted by Crippen LogP contribution is 2.36. The molecule has 0 spiro atoms. The lowest BCUT2D eigenvalue weighted by Crippen LogP contribution is -2.51. The van der Waals surface area contributed by atoms with Crippen LogP contribution in [0.2, 0.25) is 0 Å². The average Bonchev–Trinajstić information content (AvgIpc) is 2.67. The molecule has 1 aliphatic heterocycles. The molecule has 3 nitrogen and oxygen atoms in total. The van der Waals surface area contributed by atoms with E-state index in [9.17, 15) is 5.11 Å². The summed E-state index contributed by atoms with van der Waals surface area (Å²) in [6.45, 7) is 1.44. The highest BCUT2D eigenvalue weighted by atomic mass is 16.5. The van der Waals surface area contributed by atoms with Crippen molar-refractivity contribution in [2.75, 3.05) is 20.3 Å². The van der Waals surface area contributed by atoms with E-state index in [-0.39, 0.29) is 11.7 Å². The number of methoxy groups -OCH3 is 1. The summed E-state index contributed by atoms with van der Waals surface area (Å²) in [5, 5.41) is 10.7. The summed E-state index contributed by atoms with van der Waals surface area (Å²) >= 11 is 0. The third-order valence-corrected chi connectivity index (χ3v) is 4.63. The summed E-state index contributed by atoms with van der Waals surface area (Å²) in [5.41, 5.74) is -0.340. The fourth-order valence-electron chi connectivity index (χ4n) is 3.39. The smallest absolute Gasteiger partial charge is 0.0982 e. The lowest BCUT2D eigenvalue weighted by Gasteiger charge is -2.42.